The summed E-state index contributed by atoms with van der Waals surface area (Å²) in [7, 11) is 0. The van der Waals surface area contributed by atoms with Crippen LogP contribution in [0.3, 0.4) is 0 Å². The first kappa shape index (κ1) is 13.5. The average molecular weight is 278 g/mol. The van der Waals surface area contributed by atoms with E-state index in [0.29, 0.717) is 0 Å². The number of aromatic amines is 1. The molecule has 1 aromatic carbocycles. The Balaban J connectivity index is 2.01. The molecular weight excluding hydrogens is 260 g/mol. The van der Waals surface area contributed by atoms with Crippen LogP contribution < -0.4 is 0 Å². The quantitative estimate of drug-likeness (QED) is 0.775. The number of benzene rings is 1. The molecule has 0 spiro atoms. The summed E-state index contributed by atoms with van der Waals surface area (Å²) in [6, 6.07) is 10.5. The Kier molecular flexibility index (Phi) is 3.29. The van der Waals surface area contributed by atoms with E-state index in [4.69, 9.17) is 0 Å². The molecule has 0 saturated heterocycles. The van der Waals surface area contributed by atoms with Crippen LogP contribution in [0.25, 0.3) is 22.5 Å². The van der Waals surface area contributed by atoms with E-state index in [2.05, 4.69) is 65.2 Å². The van der Waals surface area contributed by atoms with E-state index in [1.165, 1.54) is 5.56 Å². The summed E-state index contributed by atoms with van der Waals surface area (Å²) in [5, 5.41) is 7.23. The summed E-state index contributed by atoms with van der Waals surface area (Å²) >= 11 is 0. The lowest BCUT2D eigenvalue weighted by atomic mass is 9.86. The summed E-state index contributed by atoms with van der Waals surface area (Å²) in [5.41, 5.74) is 5.41. The van der Waals surface area contributed by atoms with Crippen LogP contribution in [0.4, 0.5) is 0 Å². The Morgan fingerprint density at radius 3 is 2.38 bits per heavy atom. The Morgan fingerprint density at radius 2 is 1.76 bits per heavy atom. The highest BCUT2D eigenvalue weighted by atomic mass is 15.1. The first-order chi connectivity index (χ1) is 10.1. The Labute approximate surface area is 124 Å². The van der Waals surface area contributed by atoms with Crippen molar-refractivity contribution >= 4 is 0 Å². The number of rotatable bonds is 2. The van der Waals surface area contributed by atoms with Crippen molar-refractivity contribution in [3.05, 3.63) is 54.6 Å². The van der Waals surface area contributed by atoms with E-state index in [9.17, 15) is 0 Å². The van der Waals surface area contributed by atoms with Gasteiger partial charge in [0.2, 0.25) is 0 Å². The average Bonchev–Trinajstić information content (AvgIpc) is 2.97. The molecule has 0 aliphatic heterocycles. The minimum Gasteiger partial charge on any atom is -0.277 e. The predicted octanol–water partition coefficient (Wildman–Crippen LogP) is 3.83. The molecule has 0 fully saturated rings. The maximum absolute atomic E-state index is 4.29. The predicted molar refractivity (Wildman–Crippen MR) is 83.7 cm³/mol. The number of nitrogens with one attached hydrogen (secondary N) is 1. The van der Waals surface area contributed by atoms with Crippen LogP contribution in [-0.2, 0) is 5.41 Å². The monoisotopic (exact) mass is 278 g/mol. The maximum atomic E-state index is 4.29. The third-order valence-corrected chi connectivity index (χ3v) is 3.54. The van der Waals surface area contributed by atoms with Crippen molar-refractivity contribution < 1.29 is 0 Å². The molecule has 0 aliphatic rings. The zero-order valence-electron chi connectivity index (χ0n) is 12.5. The number of hydrogen-bond donors (Lipinski definition) is 1. The first-order valence-electron chi connectivity index (χ1n) is 6.96. The van der Waals surface area contributed by atoms with Gasteiger partial charge in [0.05, 0.1) is 17.6 Å². The van der Waals surface area contributed by atoms with Crippen molar-refractivity contribution in [2.24, 2.45) is 0 Å². The van der Waals surface area contributed by atoms with Crippen molar-refractivity contribution in [2.45, 2.75) is 26.2 Å². The fourth-order valence-corrected chi connectivity index (χ4v) is 2.29. The van der Waals surface area contributed by atoms with Gasteiger partial charge in [-0.05, 0) is 17.0 Å². The zero-order chi connectivity index (χ0) is 14.9. The van der Waals surface area contributed by atoms with Crippen LogP contribution in [0.1, 0.15) is 26.3 Å². The normalized spacial score (nSPS) is 11.6. The Bertz CT molecular complexity index is 721. The molecule has 0 unspecified atom stereocenters. The summed E-state index contributed by atoms with van der Waals surface area (Å²) in [4.78, 5) is 8.25. The summed E-state index contributed by atoms with van der Waals surface area (Å²) < 4.78 is 0. The molecule has 4 nitrogen and oxygen atoms in total. The highest BCUT2D eigenvalue weighted by Gasteiger charge is 2.15. The van der Waals surface area contributed by atoms with Crippen molar-refractivity contribution in [1.29, 1.82) is 0 Å². The summed E-state index contributed by atoms with van der Waals surface area (Å²) in [6.45, 7) is 6.64. The third-order valence-electron chi connectivity index (χ3n) is 3.54. The van der Waals surface area contributed by atoms with Gasteiger partial charge in [0, 0.05) is 17.3 Å². The molecule has 4 heteroatoms. The third kappa shape index (κ3) is 2.70. The number of hydrogen-bond acceptors (Lipinski definition) is 3. The molecule has 0 aliphatic carbocycles. The van der Waals surface area contributed by atoms with Gasteiger partial charge in [0.25, 0.3) is 0 Å². The second kappa shape index (κ2) is 5.13. The van der Waals surface area contributed by atoms with Crippen LogP contribution in [0, 0.1) is 0 Å². The van der Waals surface area contributed by atoms with Crippen molar-refractivity contribution in [3.8, 4) is 22.5 Å². The van der Waals surface area contributed by atoms with Crippen LogP contribution >= 0.6 is 0 Å². The molecule has 106 valence electrons. The molecule has 0 atom stereocenters. The molecule has 1 N–H and O–H groups in total. The molecule has 2 heterocycles. The van der Waals surface area contributed by atoms with E-state index >= 15 is 0 Å². The highest BCUT2D eigenvalue weighted by Crippen LogP contribution is 2.30. The molecule has 0 saturated carbocycles. The molecule has 0 amide bonds. The number of nitrogens with zero attached hydrogens (tertiary/aromatic N) is 3. The van der Waals surface area contributed by atoms with Crippen LogP contribution in [0.5, 0.6) is 0 Å². The number of aromatic nitrogens is 4. The topological polar surface area (TPSA) is 54.5 Å². The van der Waals surface area contributed by atoms with Crippen LogP contribution in [0.15, 0.2) is 49.1 Å². The van der Waals surface area contributed by atoms with Gasteiger partial charge in [-0.25, -0.2) is 9.97 Å². The SMILES string of the molecule is CC(C)(C)c1ccc(-c2[nH]ncc2-c2ccncn2)cc1. The summed E-state index contributed by atoms with van der Waals surface area (Å²) in [6.07, 6.45) is 5.09. The molecular formula is C17H18N4. The van der Waals surface area contributed by atoms with Gasteiger partial charge >= 0.3 is 0 Å². The number of H-pyrrole nitrogens is 1. The van der Waals surface area contributed by atoms with E-state index in [-0.39, 0.29) is 5.41 Å². The van der Waals surface area contributed by atoms with E-state index in [1.807, 2.05) is 6.07 Å². The second-order valence-corrected chi connectivity index (χ2v) is 6.08. The Morgan fingerprint density at radius 1 is 1.00 bits per heavy atom. The van der Waals surface area contributed by atoms with Gasteiger partial charge in [0.1, 0.15) is 6.33 Å². The van der Waals surface area contributed by atoms with Gasteiger partial charge < -0.3 is 0 Å². The molecule has 2 aromatic heterocycles. The zero-order valence-corrected chi connectivity index (χ0v) is 12.5. The van der Waals surface area contributed by atoms with Crippen molar-refractivity contribution in [1.82, 2.24) is 20.2 Å². The standard InChI is InChI=1S/C17H18N4/c1-17(2,3)13-6-4-12(5-7-13)16-14(10-20-21-16)15-8-9-18-11-19-15/h4-11H,1-3H3,(H,20,21). The van der Waals surface area contributed by atoms with Gasteiger partial charge in [-0.2, -0.15) is 5.10 Å². The lowest BCUT2D eigenvalue weighted by Gasteiger charge is -2.19. The molecule has 21 heavy (non-hydrogen) atoms. The molecule has 0 bridgehead atoms. The Hall–Kier alpha value is -2.49. The lowest BCUT2D eigenvalue weighted by molar-refractivity contribution is 0.590. The molecule has 0 radical (unpaired) electrons. The fraction of sp³-hybridized carbons (Fsp3) is 0.235. The largest absolute Gasteiger partial charge is 0.277 e. The van der Waals surface area contributed by atoms with Gasteiger partial charge in [-0.1, -0.05) is 45.0 Å². The fourth-order valence-electron chi connectivity index (χ4n) is 2.29. The molecule has 3 rings (SSSR count). The van der Waals surface area contributed by atoms with Crippen LogP contribution in [0.2, 0.25) is 0 Å². The van der Waals surface area contributed by atoms with E-state index in [1.54, 1.807) is 18.7 Å². The minimum absolute atomic E-state index is 0.155. The summed E-state index contributed by atoms with van der Waals surface area (Å²) in [5.74, 6) is 0. The van der Waals surface area contributed by atoms with Crippen molar-refractivity contribution in [2.75, 3.05) is 0 Å². The van der Waals surface area contributed by atoms with E-state index < -0.39 is 0 Å². The second-order valence-electron chi connectivity index (χ2n) is 6.08. The van der Waals surface area contributed by atoms with Gasteiger partial charge in [-0.15, -0.1) is 0 Å². The van der Waals surface area contributed by atoms with Crippen LogP contribution in [-0.4, -0.2) is 20.2 Å². The smallest absolute Gasteiger partial charge is 0.116 e. The molecule has 3 aromatic rings. The van der Waals surface area contributed by atoms with Gasteiger partial charge in [0.15, 0.2) is 0 Å². The van der Waals surface area contributed by atoms with E-state index in [0.717, 1.165) is 22.5 Å². The minimum atomic E-state index is 0.155. The lowest BCUT2D eigenvalue weighted by Crippen LogP contribution is -2.10. The first-order valence-corrected chi connectivity index (χ1v) is 6.96. The van der Waals surface area contributed by atoms with Gasteiger partial charge in [-0.3, -0.25) is 5.10 Å². The van der Waals surface area contributed by atoms with Crippen molar-refractivity contribution in [3.63, 3.8) is 0 Å². The maximum Gasteiger partial charge on any atom is 0.116 e. The highest BCUT2D eigenvalue weighted by molar-refractivity contribution is 5.78.